The maximum absolute atomic E-state index is 11.9. The van der Waals surface area contributed by atoms with Crippen molar-refractivity contribution >= 4 is 10.9 Å². The molecular formula is C13H12N2O2. The Morgan fingerprint density at radius 3 is 2.82 bits per heavy atom. The molecule has 0 saturated heterocycles. The number of ether oxygens (including phenoxy) is 1. The number of rotatable bonds is 2. The summed E-state index contributed by atoms with van der Waals surface area (Å²) in [6, 6.07) is 7.09. The van der Waals surface area contributed by atoms with Gasteiger partial charge in [0.1, 0.15) is 17.4 Å². The average molecular weight is 228 g/mol. The number of nitrogens with one attached hydrogen (secondary N) is 1. The molecule has 0 amide bonds. The van der Waals surface area contributed by atoms with Gasteiger partial charge in [-0.3, -0.25) is 4.79 Å². The molecule has 1 N–H and O–H groups in total. The number of pyridine rings is 1. The first-order valence-corrected chi connectivity index (χ1v) is 5.34. The van der Waals surface area contributed by atoms with Gasteiger partial charge in [0.05, 0.1) is 11.5 Å². The van der Waals surface area contributed by atoms with E-state index in [1.165, 1.54) is 6.20 Å². The molecule has 1 aromatic carbocycles. The van der Waals surface area contributed by atoms with Crippen molar-refractivity contribution in [1.82, 2.24) is 4.98 Å². The van der Waals surface area contributed by atoms with Gasteiger partial charge in [-0.1, -0.05) is 0 Å². The lowest BCUT2D eigenvalue weighted by Crippen LogP contribution is -2.09. The van der Waals surface area contributed by atoms with Crippen LogP contribution in [0, 0.1) is 11.3 Å². The number of hydrogen-bond donors (Lipinski definition) is 1. The molecule has 2 rings (SSSR count). The van der Waals surface area contributed by atoms with Crippen LogP contribution in [0.5, 0.6) is 5.75 Å². The highest BCUT2D eigenvalue weighted by Gasteiger charge is 2.06. The molecule has 0 spiro atoms. The van der Waals surface area contributed by atoms with E-state index in [4.69, 9.17) is 10.00 Å². The van der Waals surface area contributed by atoms with Crippen LogP contribution in [-0.2, 0) is 0 Å². The summed E-state index contributed by atoms with van der Waals surface area (Å²) in [6.45, 7) is 3.83. The van der Waals surface area contributed by atoms with Crippen LogP contribution in [0.15, 0.2) is 29.2 Å². The highest BCUT2D eigenvalue weighted by Crippen LogP contribution is 2.18. The van der Waals surface area contributed by atoms with Crippen LogP contribution in [0.1, 0.15) is 19.4 Å². The van der Waals surface area contributed by atoms with Crippen LogP contribution in [0.25, 0.3) is 10.9 Å². The van der Waals surface area contributed by atoms with Gasteiger partial charge in [-0.05, 0) is 32.0 Å². The van der Waals surface area contributed by atoms with E-state index in [1.807, 2.05) is 19.9 Å². The van der Waals surface area contributed by atoms with Crippen LogP contribution >= 0.6 is 0 Å². The summed E-state index contributed by atoms with van der Waals surface area (Å²) in [7, 11) is 0. The Labute approximate surface area is 98.5 Å². The standard InChI is InChI=1S/C13H12N2O2/c1-8(2)17-10-3-4-12-11(5-10)13(16)9(6-14)7-15-12/h3-5,7-8H,1-2H3,(H,15,16). The minimum atomic E-state index is -0.268. The zero-order valence-electron chi connectivity index (χ0n) is 9.65. The van der Waals surface area contributed by atoms with Gasteiger partial charge in [-0.15, -0.1) is 0 Å². The van der Waals surface area contributed by atoms with Gasteiger partial charge in [0.25, 0.3) is 0 Å². The first-order chi connectivity index (χ1) is 8.11. The summed E-state index contributed by atoms with van der Waals surface area (Å²) in [6.07, 6.45) is 1.47. The number of benzene rings is 1. The molecule has 0 radical (unpaired) electrons. The molecule has 0 aliphatic rings. The zero-order valence-corrected chi connectivity index (χ0v) is 9.65. The first-order valence-electron chi connectivity index (χ1n) is 5.34. The van der Waals surface area contributed by atoms with Crippen LogP contribution in [0.3, 0.4) is 0 Å². The molecule has 86 valence electrons. The minimum absolute atomic E-state index is 0.0469. The maximum atomic E-state index is 11.9. The van der Waals surface area contributed by atoms with Gasteiger partial charge in [0, 0.05) is 11.7 Å². The fraction of sp³-hybridized carbons (Fsp3) is 0.231. The Kier molecular flexibility index (Phi) is 2.84. The van der Waals surface area contributed by atoms with E-state index in [1.54, 1.807) is 18.2 Å². The quantitative estimate of drug-likeness (QED) is 0.856. The van der Waals surface area contributed by atoms with Gasteiger partial charge in [0.15, 0.2) is 0 Å². The van der Waals surface area contributed by atoms with Crippen molar-refractivity contribution < 1.29 is 4.74 Å². The second kappa shape index (κ2) is 4.30. The summed E-state index contributed by atoms with van der Waals surface area (Å²) >= 11 is 0. The van der Waals surface area contributed by atoms with E-state index in [9.17, 15) is 4.79 Å². The Hall–Kier alpha value is -2.28. The van der Waals surface area contributed by atoms with Gasteiger partial charge in [-0.2, -0.15) is 5.26 Å². The van der Waals surface area contributed by atoms with E-state index in [-0.39, 0.29) is 17.1 Å². The Morgan fingerprint density at radius 2 is 2.18 bits per heavy atom. The van der Waals surface area contributed by atoms with Crippen LogP contribution in [0.2, 0.25) is 0 Å². The molecule has 2 aromatic rings. The lowest BCUT2D eigenvalue weighted by atomic mass is 10.1. The predicted octanol–water partition coefficient (Wildman–Crippen LogP) is 2.19. The lowest BCUT2D eigenvalue weighted by Gasteiger charge is -2.09. The van der Waals surface area contributed by atoms with E-state index in [2.05, 4.69) is 4.98 Å². The third-order valence-electron chi connectivity index (χ3n) is 2.34. The van der Waals surface area contributed by atoms with Crippen molar-refractivity contribution in [3.8, 4) is 11.8 Å². The SMILES string of the molecule is CC(C)Oc1ccc2[nH]cc(C#N)c(=O)c2c1. The second-order valence-corrected chi connectivity index (χ2v) is 4.02. The molecule has 1 aromatic heterocycles. The third-order valence-corrected chi connectivity index (χ3v) is 2.34. The van der Waals surface area contributed by atoms with Crippen molar-refractivity contribution in [2.45, 2.75) is 20.0 Å². The molecule has 0 fully saturated rings. The lowest BCUT2D eigenvalue weighted by molar-refractivity contribution is 0.243. The fourth-order valence-electron chi connectivity index (χ4n) is 1.63. The Bertz CT molecular complexity index is 650. The summed E-state index contributed by atoms with van der Waals surface area (Å²) in [4.78, 5) is 14.8. The molecule has 0 aliphatic heterocycles. The molecule has 0 bridgehead atoms. The molecular weight excluding hydrogens is 216 g/mol. The number of aromatic amines is 1. The topological polar surface area (TPSA) is 65.9 Å². The molecule has 0 atom stereocenters. The van der Waals surface area contributed by atoms with Gasteiger partial charge in [0.2, 0.25) is 5.43 Å². The normalized spacial score (nSPS) is 10.5. The fourth-order valence-corrected chi connectivity index (χ4v) is 1.63. The smallest absolute Gasteiger partial charge is 0.207 e. The largest absolute Gasteiger partial charge is 0.491 e. The van der Waals surface area contributed by atoms with E-state index in [0.29, 0.717) is 16.7 Å². The molecule has 4 nitrogen and oxygen atoms in total. The predicted molar refractivity (Wildman–Crippen MR) is 65.0 cm³/mol. The van der Waals surface area contributed by atoms with E-state index >= 15 is 0 Å². The van der Waals surface area contributed by atoms with Crippen LogP contribution < -0.4 is 10.2 Å². The van der Waals surface area contributed by atoms with Gasteiger partial charge >= 0.3 is 0 Å². The molecule has 17 heavy (non-hydrogen) atoms. The highest BCUT2D eigenvalue weighted by atomic mass is 16.5. The number of aromatic nitrogens is 1. The second-order valence-electron chi connectivity index (χ2n) is 4.02. The number of hydrogen-bond acceptors (Lipinski definition) is 3. The summed E-state index contributed by atoms with van der Waals surface area (Å²) < 4.78 is 5.52. The van der Waals surface area contributed by atoms with Crippen molar-refractivity contribution in [2.75, 3.05) is 0 Å². The van der Waals surface area contributed by atoms with Crippen molar-refractivity contribution in [2.24, 2.45) is 0 Å². The monoisotopic (exact) mass is 228 g/mol. The van der Waals surface area contributed by atoms with E-state index < -0.39 is 0 Å². The first kappa shape index (κ1) is 11.2. The van der Waals surface area contributed by atoms with Crippen LogP contribution in [-0.4, -0.2) is 11.1 Å². The van der Waals surface area contributed by atoms with Crippen LogP contribution in [0.4, 0.5) is 0 Å². The summed E-state index contributed by atoms with van der Waals surface area (Å²) in [5, 5.41) is 9.27. The molecule has 4 heteroatoms. The Balaban J connectivity index is 2.63. The van der Waals surface area contributed by atoms with Crippen molar-refractivity contribution in [3.05, 3.63) is 40.2 Å². The van der Waals surface area contributed by atoms with E-state index in [0.717, 1.165) is 0 Å². The number of H-pyrrole nitrogens is 1. The molecule has 0 aliphatic carbocycles. The maximum Gasteiger partial charge on any atom is 0.207 e. The van der Waals surface area contributed by atoms with Gasteiger partial charge < -0.3 is 9.72 Å². The highest BCUT2D eigenvalue weighted by molar-refractivity contribution is 5.80. The third kappa shape index (κ3) is 2.13. The molecule has 0 unspecified atom stereocenters. The molecule has 1 heterocycles. The number of fused-ring (bicyclic) bond motifs is 1. The minimum Gasteiger partial charge on any atom is -0.491 e. The summed E-state index contributed by atoms with van der Waals surface area (Å²) in [5.74, 6) is 0.632. The van der Waals surface area contributed by atoms with Crippen molar-refractivity contribution in [3.63, 3.8) is 0 Å². The van der Waals surface area contributed by atoms with Gasteiger partial charge in [-0.25, -0.2) is 0 Å². The van der Waals surface area contributed by atoms with Crippen molar-refractivity contribution in [1.29, 1.82) is 5.26 Å². The zero-order chi connectivity index (χ0) is 12.4. The number of nitrogens with zero attached hydrogens (tertiary/aromatic N) is 1. The number of nitriles is 1. The Morgan fingerprint density at radius 1 is 1.41 bits per heavy atom. The molecule has 0 saturated carbocycles. The summed E-state index contributed by atoms with van der Waals surface area (Å²) in [5.41, 5.74) is 0.541. The average Bonchev–Trinajstić information content (AvgIpc) is 2.29.